The molecular formula is C22H25F3N5O2S2-. The van der Waals surface area contributed by atoms with Crippen molar-refractivity contribution in [3.8, 4) is 22.9 Å². The number of hydrogen-bond acceptors (Lipinski definition) is 7. The predicted molar refractivity (Wildman–Crippen MR) is 131 cm³/mol. The summed E-state index contributed by atoms with van der Waals surface area (Å²) in [6, 6.07) is 5.11. The van der Waals surface area contributed by atoms with Gasteiger partial charge in [0.25, 0.3) is 0 Å². The number of nitrogens with zero attached hydrogens (tertiary/aromatic N) is 5. The van der Waals surface area contributed by atoms with Gasteiger partial charge in [0.15, 0.2) is 11.6 Å². The molecule has 0 amide bonds. The fourth-order valence-corrected chi connectivity index (χ4v) is 5.30. The number of pyridine rings is 1. The zero-order chi connectivity index (χ0) is 25.5. The van der Waals surface area contributed by atoms with Crippen LogP contribution in [0.15, 0.2) is 40.3 Å². The molecule has 0 bridgehead atoms. The molecule has 2 heterocycles. The molecule has 184 valence electrons. The lowest BCUT2D eigenvalue weighted by Crippen LogP contribution is -2.31. The molecule has 0 N–H and O–H groups in total. The second-order valence-corrected chi connectivity index (χ2v) is 11.8. The van der Waals surface area contributed by atoms with E-state index in [1.165, 1.54) is 34.2 Å². The fraction of sp³-hybridized carbons (Fsp3) is 0.409. The van der Waals surface area contributed by atoms with Gasteiger partial charge >= 0.3 is 6.18 Å². The highest BCUT2D eigenvalue weighted by atomic mass is 32.2. The Bertz CT molecular complexity index is 1180. The van der Waals surface area contributed by atoms with Crippen LogP contribution < -0.4 is 4.81 Å². The summed E-state index contributed by atoms with van der Waals surface area (Å²) in [5.41, 5.74) is -0.309. The third-order valence-corrected chi connectivity index (χ3v) is 6.74. The SMILES string of the molecule is CCSc1cc(SC(C)(C)C)c([N+](C)([O-])[O-])cc1-c1nnc(-c2cc(C(F)(F)F)ccn2)n1C. The van der Waals surface area contributed by atoms with Gasteiger partial charge in [0.2, 0.25) is 0 Å². The lowest BCUT2D eigenvalue weighted by molar-refractivity contribution is -0.137. The van der Waals surface area contributed by atoms with Crippen LogP contribution in [-0.2, 0) is 13.2 Å². The molecule has 0 saturated heterocycles. The minimum absolute atomic E-state index is 0.00849. The monoisotopic (exact) mass is 512 g/mol. The van der Waals surface area contributed by atoms with Crippen LogP contribution in [0.4, 0.5) is 18.9 Å². The van der Waals surface area contributed by atoms with Crippen LogP contribution in [0.25, 0.3) is 22.9 Å². The smallest absolute Gasteiger partial charge is 0.416 e. The van der Waals surface area contributed by atoms with Crippen LogP contribution in [0.1, 0.15) is 33.3 Å². The fourth-order valence-electron chi connectivity index (χ4n) is 3.24. The van der Waals surface area contributed by atoms with Gasteiger partial charge in [-0.2, -0.15) is 13.2 Å². The quantitative estimate of drug-likeness (QED) is 0.212. The normalized spacial score (nSPS) is 12.9. The molecule has 0 radical (unpaired) electrons. The first-order valence-electron chi connectivity index (χ1n) is 10.3. The van der Waals surface area contributed by atoms with Crippen molar-refractivity contribution in [1.82, 2.24) is 24.6 Å². The van der Waals surface area contributed by atoms with E-state index in [0.29, 0.717) is 22.0 Å². The Hall–Kier alpha value is -2.12. The third kappa shape index (κ3) is 5.92. The van der Waals surface area contributed by atoms with Crippen molar-refractivity contribution in [2.24, 2.45) is 7.05 Å². The van der Waals surface area contributed by atoms with E-state index in [2.05, 4.69) is 15.2 Å². The number of aromatic nitrogens is 4. The van der Waals surface area contributed by atoms with Crippen molar-refractivity contribution in [2.75, 3.05) is 12.8 Å². The number of hydrogen-bond donors (Lipinski definition) is 0. The molecule has 0 spiro atoms. The molecule has 1 aromatic carbocycles. The van der Waals surface area contributed by atoms with Gasteiger partial charge in [-0.1, -0.05) is 27.7 Å². The van der Waals surface area contributed by atoms with Crippen molar-refractivity contribution >= 4 is 29.2 Å². The average molecular weight is 513 g/mol. The molecule has 2 aromatic heterocycles. The summed E-state index contributed by atoms with van der Waals surface area (Å²) in [7, 11) is 2.61. The summed E-state index contributed by atoms with van der Waals surface area (Å²) in [5.74, 6) is 1.16. The van der Waals surface area contributed by atoms with E-state index in [1.54, 1.807) is 13.1 Å². The maximum absolute atomic E-state index is 13.2. The number of hydroxylamine groups is 2. The number of quaternary nitrogens is 1. The molecular weight excluding hydrogens is 487 g/mol. The Morgan fingerprint density at radius 1 is 1.03 bits per heavy atom. The van der Waals surface area contributed by atoms with E-state index < -0.39 is 16.5 Å². The zero-order valence-corrected chi connectivity index (χ0v) is 21.2. The van der Waals surface area contributed by atoms with E-state index in [4.69, 9.17) is 0 Å². The summed E-state index contributed by atoms with van der Waals surface area (Å²) < 4.78 is 40.8. The van der Waals surface area contributed by atoms with Gasteiger partial charge in [0.1, 0.15) is 11.4 Å². The Kier molecular flexibility index (Phi) is 7.40. The lowest BCUT2D eigenvalue weighted by Gasteiger charge is -2.44. The molecule has 7 nitrogen and oxygen atoms in total. The molecule has 0 atom stereocenters. The number of alkyl halides is 3. The Balaban J connectivity index is 2.19. The van der Waals surface area contributed by atoms with Crippen LogP contribution in [0.2, 0.25) is 0 Å². The molecule has 0 fully saturated rings. The van der Waals surface area contributed by atoms with E-state index in [0.717, 1.165) is 30.3 Å². The van der Waals surface area contributed by atoms with Crippen molar-refractivity contribution < 1.29 is 13.2 Å². The Morgan fingerprint density at radius 2 is 1.68 bits per heavy atom. The summed E-state index contributed by atoms with van der Waals surface area (Å²) in [6.45, 7) is 7.92. The van der Waals surface area contributed by atoms with Crippen LogP contribution in [0, 0.1) is 10.4 Å². The number of thioether (sulfide) groups is 2. The minimum atomic E-state index is -4.52. The molecule has 0 aliphatic rings. The van der Waals surface area contributed by atoms with Gasteiger partial charge in [0.05, 0.1) is 17.5 Å². The molecule has 0 aliphatic carbocycles. The maximum atomic E-state index is 13.2. The van der Waals surface area contributed by atoms with Gasteiger partial charge in [-0.15, -0.1) is 33.7 Å². The average Bonchev–Trinajstić information content (AvgIpc) is 3.07. The van der Waals surface area contributed by atoms with Crippen molar-refractivity contribution in [3.05, 3.63) is 46.4 Å². The molecule has 3 aromatic rings. The molecule has 0 saturated carbocycles. The summed E-state index contributed by atoms with van der Waals surface area (Å²) in [6.07, 6.45) is -3.45. The molecule has 3 rings (SSSR count). The zero-order valence-electron chi connectivity index (χ0n) is 19.6. The first kappa shape index (κ1) is 26.5. The second-order valence-electron chi connectivity index (χ2n) is 8.64. The number of benzene rings is 1. The third-order valence-electron chi connectivity index (χ3n) is 4.65. The molecule has 12 heteroatoms. The highest BCUT2D eigenvalue weighted by molar-refractivity contribution is 8.01. The minimum Gasteiger partial charge on any atom is -0.626 e. The molecule has 0 unspecified atom stereocenters. The van der Waals surface area contributed by atoms with Crippen LogP contribution in [0.3, 0.4) is 0 Å². The second kappa shape index (κ2) is 9.50. The van der Waals surface area contributed by atoms with E-state index in [1.807, 2.05) is 27.7 Å². The van der Waals surface area contributed by atoms with Gasteiger partial charge in [0, 0.05) is 34.5 Å². The van der Waals surface area contributed by atoms with Crippen molar-refractivity contribution in [1.29, 1.82) is 0 Å². The standard InChI is InChI=1S/C22H25F3N5O2S2/c1-7-33-17-12-18(34-21(2,3)4)16(30(6,31)32)11-14(17)19-27-28-20(29(19)5)15-10-13(8-9-26-15)22(23,24)25/h8-12H,7H2,1-6H3/q-1. The first-order chi connectivity index (χ1) is 15.6. The van der Waals surface area contributed by atoms with Gasteiger partial charge in [-0.25, -0.2) is 0 Å². The molecule has 0 aliphatic heterocycles. The topological polar surface area (TPSA) is 89.7 Å². The van der Waals surface area contributed by atoms with E-state index >= 15 is 0 Å². The van der Waals surface area contributed by atoms with Crippen LogP contribution in [-0.4, -0.2) is 37.3 Å². The highest BCUT2D eigenvalue weighted by Gasteiger charge is 2.31. The van der Waals surface area contributed by atoms with Crippen molar-refractivity contribution in [3.63, 3.8) is 0 Å². The van der Waals surface area contributed by atoms with Crippen LogP contribution >= 0.6 is 23.5 Å². The van der Waals surface area contributed by atoms with E-state index in [-0.39, 0.29) is 22.0 Å². The summed E-state index contributed by atoms with van der Waals surface area (Å²) >= 11 is 2.93. The Labute approximate surface area is 204 Å². The summed E-state index contributed by atoms with van der Waals surface area (Å²) in [4.78, 5) is 3.49. The van der Waals surface area contributed by atoms with Crippen LogP contribution in [0.5, 0.6) is 0 Å². The van der Waals surface area contributed by atoms with Gasteiger partial charge < -0.3 is 19.8 Å². The number of halogens is 3. The lowest BCUT2D eigenvalue weighted by atomic mass is 10.1. The Morgan fingerprint density at radius 3 is 2.24 bits per heavy atom. The maximum Gasteiger partial charge on any atom is 0.416 e. The highest BCUT2D eigenvalue weighted by Crippen LogP contribution is 2.45. The van der Waals surface area contributed by atoms with E-state index in [9.17, 15) is 23.6 Å². The largest absolute Gasteiger partial charge is 0.626 e. The summed E-state index contributed by atoms with van der Waals surface area (Å²) in [5, 5.41) is 33.3. The predicted octanol–water partition coefficient (Wildman–Crippen LogP) is 6.50. The molecule has 34 heavy (non-hydrogen) atoms. The van der Waals surface area contributed by atoms with Gasteiger partial charge in [-0.05, 0) is 24.0 Å². The van der Waals surface area contributed by atoms with Crippen molar-refractivity contribution in [2.45, 2.75) is 48.4 Å². The van der Waals surface area contributed by atoms with Gasteiger partial charge in [-0.3, -0.25) is 4.98 Å². The number of rotatable bonds is 6. The first-order valence-corrected chi connectivity index (χ1v) is 12.1.